The first kappa shape index (κ1) is 15.5. The number of carbonyl (C=O) groups is 1. The van der Waals surface area contributed by atoms with Crippen molar-refractivity contribution in [3.05, 3.63) is 0 Å². The van der Waals surface area contributed by atoms with Crippen LogP contribution in [0.4, 0.5) is 4.79 Å². The van der Waals surface area contributed by atoms with Crippen molar-refractivity contribution in [2.45, 2.75) is 19.3 Å². The molecule has 0 saturated carbocycles. The van der Waals surface area contributed by atoms with Crippen LogP contribution in [0.2, 0.25) is 0 Å². The Morgan fingerprint density at radius 2 is 1.70 bits per heavy atom. The average molecular weight is 284 g/mol. The molecule has 2 saturated heterocycles. The van der Waals surface area contributed by atoms with Gasteiger partial charge in [-0.25, -0.2) is 4.79 Å². The Kier molecular flexibility index (Phi) is 6.56. The molecule has 116 valence electrons. The molecule has 6 nitrogen and oxygen atoms in total. The largest absolute Gasteiger partial charge is 0.378 e. The minimum atomic E-state index is 0.192. The number of unbranched alkanes of at least 4 members (excludes halogenated alkanes) is 1. The molecule has 0 aromatic heterocycles. The highest BCUT2D eigenvalue weighted by atomic mass is 16.5. The molecule has 2 heterocycles. The predicted molar refractivity (Wildman–Crippen MR) is 78.7 cm³/mol. The number of morpholine rings is 1. The minimum absolute atomic E-state index is 0.192. The van der Waals surface area contributed by atoms with Gasteiger partial charge in [0.25, 0.3) is 0 Å². The summed E-state index contributed by atoms with van der Waals surface area (Å²) in [6.07, 6.45) is 3.32. The molecule has 2 amide bonds. The molecule has 0 aromatic carbocycles. The second kappa shape index (κ2) is 8.44. The fraction of sp³-hybridized carbons (Fsp3) is 0.929. The molecule has 20 heavy (non-hydrogen) atoms. The summed E-state index contributed by atoms with van der Waals surface area (Å²) in [5.41, 5.74) is 5.53. The van der Waals surface area contributed by atoms with Crippen LogP contribution in [0, 0.1) is 0 Å². The number of rotatable bonds is 4. The summed E-state index contributed by atoms with van der Waals surface area (Å²) in [7, 11) is 0. The average Bonchev–Trinajstić information content (AvgIpc) is 2.73. The van der Waals surface area contributed by atoms with Gasteiger partial charge >= 0.3 is 6.03 Å². The van der Waals surface area contributed by atoms with E-state index in [4.69, 9.17) is 10.5 Å². The predicted octanol–water partition coefficient (Wildman–Crippen LogP) is 0.185. The summed E-state index contributed by atoms with van der Waals surface area (Å²) in [5, 5.41) is 0. The second-order valence-electron chi connectivity index (χ2n) is 5.56. The highest BCUT2D eigenvalue weighted by molar-refractivity contribution is 5.74. The lowest BCUT2D eigenvalue weighted by Gasteiger charge is -2.32. The lowest BCUT2D eigenvalue weighted by molar-refractivity contribution is 0.0436. The molecule has 0 aliphatic carbocycles. The third-order valence-electron chi connectivity index (χ3n) is 4.07. The molecule has 2 N–H and O–H groups in total. The van der Waals surface area contributed by atoms with E-state index in [0.29, 0.717) is 13.2 Å². The van der Waals surface area contributed by atoms with E-state index >= 15 is 0 Å². The number of hydrogen-bond donors (Lipinski definition) is 1. The van der Waals surface area contributed by atoms with Crippen LogP contribution in [0.25, 0.3) is 0 Å². The topological polar surface area (TPSA) is 62.0 Å². The summed E-state index contributed by atoms with van der Waals surface area (Å²) < 4.78 is 5.30. The Labute approximate surface area is 121 Å². The van der Waals surface area contributed by atoms with Crippen molar-refractivity contribution < 1.29 is 9.53 Å². The van der Waals surface area contributed by atoms with Gasteiger partial charge < -0.3 is 25.2 Å². The van der Waals surface area contributed by atoms with Gasteiger partial charge in [-0.1, -0.05) is 0 Å². The highest BCUT2D eigenvalue weighted by Gasteiger charge is 2.24. The Bertz CT molecular complexity index is 295. The fourth-order valence-corrected chi connectivity index (χ4v) is 2.82. The summed E-state index contributed by atoms with van der Waals surface area (Å²) in [6, 6.07) is 0.192. The number of hydrogen-bond acceptors (Lipinski definition) is 4. The first-order valence-electron chi connectivity index (χ1n) is 7.85. The van der Waals surface area contributed by atoms with Crippen LogP contribution in [0.15, 0.2) is 0 Å². The van der Waals surface area contributed by atoms with Crippen molar-refractivity contribution in [2.24, 2.45) is 5.73 Å². The van der Waals surface area contributed by atoms with Gasteiger partial charge in [-0.2, -0.15) is 0 Å². The summed E-state index contributed by atoms with van der Waals surface area (Å²) in [6.45, 7) is 8.49. The van der Waals surface area contributed by atoms with E-state index in [1.54, 1.807) is 0 Å². The maximum absolute atomic E-state index is 12.4. The van der Waals surface area contributed by atoms with Gasteiger partial charge in [0, 0.05) is 32.7 Å². The van der Waals surface area contributed by atoms with Crippen LogP contribution in [0.3, 0.4) is 0 Å². The first-order valence-corrected chi connectivity index (χ1v) is 7.85. The van der Waals surface area contributed by atoms with Crippen molar-refractivity contribution in [3.63, 3.8) is 0 Å². The molecular formula is C14H28N4O2. The molecule has 6 heteroatoms. The normalized spacial score (nSPS) is 21.9. The van der Waals surface area contributed by atoms with Gasteiger partial charge in [0.2, 0.25) is 0 Å². The molecule has 2 rings (SSSR count). The molecular weight excluding hydrogens is 256 g/mol. The quantitative estimate of drug-likeness (QED) is 0.748. The third kappa shape index (κ3) is 4.61. The summed E-state index contributed by atoms with van der Waals surface area (Å²) in [4.78, 5) is 18.8. The van der Waals surface area contributed by atoms with Crippen LogP contribution < -0.4 is 5.73 Å². The number of ether oxygens (including phenoxy) is 1. The number of amides is 2. The molecule has 0 unspecified atom stereocenters. The highest BCUT2D eigenvalue weighted by Crippen LogP contribution is 2.09. The van der Waals surface area contributed by atoms with E-state index < -0.39 is 0 Å². The van der Waals surface area contributed by atoms with Crippen molar-refractivity contribution in [1.82, 2.24) is 14.7 Å². The van der Waals surface area contributed by atoms with Crippen LogP contribution in [0.1, 0.15) is 19.3 Å². The molecule has 0 radical (unpaired) electrons. The van der Waals surface area contributed by atoms with Gasteiger partial charge in [-0.05, 0) is 38.9 Å². The molecule has 2 aliphatic rings. The van der Waals surface area contributed by atoms with Gasteiger partial charge in [0.05, 0.1) is 13.2 Å². The SMILES string of the molecule is NCCCCN1CCCN(C(=O)N2CCOCC2)CC1. The lowest BCUT2D eigenvalue weighted by Crippen LogP contribution is -2.49. The minimum Gasteiger partial charge on any atom is -0.378 e. The van der Waals surface area contributed by atoms with Crippen molar-refractivity contribution in [2.75, 3.05) is 65.6 Å². The Hall–Kier alpha value is -0.850. The molecule has 2 fully saturated rings. The van der Waals surface area contributed by atoms with Gasteiger partial charge in [-0.15, -0.1) is 0 Å². The summed E-state index contributed by atoms with van der Waals surface area (Å²) >= 11 is 0. The van der Waals surface area contributed by atoms with Gasteiger partial charge in [0.1, 0.15) is 0 Å². The van der Waals surface area contributed by atoms with Crippen molar-refractivity contribution in [3.8, 4) is 0 Å². The van der Waals surface area contributed by atoms with Crippen LogP contribution in [-0.2, 0) is 4.74 Å². The smallest absolute Gasteiger partial charge is 0.320 e. The number of carbonyl (C=O) groups excluding carboxylic acids is 1. The van der Waals surface area contributed by atoms with E-state index in [1.807, 2.05) is 9.80 Å². The van der Waals surface area contributed by atoms with Crippen LogP contribution >= 0.6 is 0 Å². The van der Waals surface area contributed by atoms with E-state index in [0.717, 1.165) is 71.6 Å². The fourth-order valence-electron chi connectivity index (χ4n) is 2.82. The first-order chi connectivity index (χ1) is 9.81. The zero-order valence-electron chi connectivity index (χ0n) is 12.4. The molecule has 0 aromatic rings. The van der Waals surface area contributed by atoms with E-state index in [1.165, 1.54) is 0 Å². The molecule has 0 atom stereocenters. The summed E-state index contributed by atoms with van der Waals surface area (Å²) in [5.74, 6) is 0. The molecule has 0 bridgehead atoms. The maximum Gasteiger partial charge on any atom is 0.320 e. The monoisotopic (exact) mass is 284 g/mol. The zero-order valence-corrected chi connectivity index (χ0v) is 12.4. The lowest BCUT2D eigenvalue weighted by atomic mass is 10.3. The third-order valence-corrected chi connectivity index (χ3v) is 4.07. The second-order valence-corrected chi connectivity index (χ2v) is 5.56. The number of urea groups is 1. The molecule has 2 aliphatic heterocycles. The van der Waals surface area contributed by atoms with E-state index in [9.17, 15) is 4.79 Å². The Morgan fingerprint density at radius 3 is 2.45 bits per heavy atom. The zero-order chi connectivity index (χ0) is 14.2. The number of nitrogens with zero attached hydrogens (tertiary/aromatic N) is 3. The van der Waals surface area contributed by atoms with Crippen LogP contribution in [0.5, 0.6) is 0 Å². The number of nitrogens with two attached hydrogens (primary N) is 1. The van der Waals surface area contributed by atoms with Gasteiger partial charge in [0.15, 0.2) is 0 Å². The Morgan fingerprint density at radius 1 is 0.950 bits per heavy atom. The Balaban J connectivity index is 1.75. The standard InChI is InChI=1S/C14H28N4O2/c15-4-1-2-5-16-6-3-7-17(9-8-16)14(19)18-10-12-20-13-11-18/h1-13,15H2. The van der Waals surface area contributed by atoms with Gasteiger partial charge in [-0.3, -0.25) is 0 Å². The van der Waals surface area contributed by atoms with E-state index in [-0.39, 0.29) is 6.03 Å². The van der Waals surface area contributed by atoms with E-state index in [2.05, 4.69) is 4.90 Å². The van der Waals surface area contributed by atoms with Crippen LogP contribution in [-0.4, -0.2) is 86.3 Å². The maximum atomic E-state index is 12.4. The van der Waals surface area contributed by atoms with Crippen molar-refractivity contribution >= 4 is 6.03 Å². The molecule has 0 spiro atoms. The van der Waals surface area contributed by atoms with Crippen molar-refractivity contribution in [1.29, 1.82) is 0 Å².